The number of halogens is 3. The van der Waals surface area contributed by atoms with Crippen LogP contribution >= 0.6 is 0 Å². The first-order valence-corrected chi connectivity index (χ1v) is 4.22. The Labute approximate surface area is 85.2 Å². The second kappa shape index (κ2) is 4.29. The lowest BCUT2D eigenvalue weighted by Crippen LogP contribution is -2.02. The van der Waals surface area contributed by atoms with E-state index in [2.05, 4.69) is 6.58 Å². The van der Waals surface area contributed by atoms with Gasteiger partial charge in [-0.2, -0.15) is 0 Å². The number of carbonyl (C=O) groups excluding carboxylic acids is 1. The van der Waals surface area contributed by atoms with Crippen molar-refractivity contribution in [2.24, 2.45) is 0 Å². The maximum absolute atomic E-state index is 13.3. The Morgan fingerprint density at radius 1 is 1.47 bits per heavy atom. The van der Waals surface area contributed by atoms with E-state index in [9.17, 15) is 18.0 Å². The van der Waals surface area contributed by atoms with E-state index in [0.717, 1.165) is 6.07 Å². The Morgan fingerprint density at radius 2 is 2.07 bits per heavy atom. The van der Waals surface area contributed by atoms with Gasteiger partial charge in [0.25, 0.3) is 6.43 Å². The Balaban J connectivity index is 3.44. The fraction of sp³-hybridized carbons (Fsp3) is 0.182. The monoisotopic (exact) mass is 214 g/mol. The molecule has 0 heterocycles. The highest BCUT2D eigenvalue weighted by Gasteiger charge is 2.16. The molecule has 0 amide bonds. The minimum Gasteiger partial charge on any atom is -0.294 e. The predicted molar refractivity (Wildman–Crippen MR) is 51.5 cm³/mol. The molecule has 0 unspecified atom stereocenters. The molecule has 80 valence electrons. The minimum absolute atomic E-state index is 0.0952. The molecule has 0 aromatic heterocycles. The van der Waals surface area contributed by atoms with E-state index < -0.39 is 23.6 Å². The molecule has 0 fully saturated rings. The fourth-order valence-electron chi connectivity index (χ4n) is 1.31. The molecule has 15 heavy (non-hydrogen) atoms. The molecule has 0 aliphatic rings. The van der Waals surface area contributed by atoms with Crippen molar-refractivity contribution in [1.82, 2.24) is 0 Å². The van der Waals surface area contributed by atoms with Crippen molar-refractivity contribution in [2.45, 2.75) is 13.3 Å². The van der Waals surface area contributed by atoms with E-state index in [-0.39, 0.29) is 11.1 Å². The normalized spacial score (nSPS) is 10.5. The third-order valence-electron chi connectivity index (χ3n) is 1.97. The van der Waals surface area contributed by atoms with E-state index in [4.69, 9.17) is 0 Å². The topological polar surface area (TPSA) is 17.1 Å². The van der Waals surface area contributed by atoms with Gasteiger partial charge in [0.05, 0.1) is 5.56 Å². The van der Waals surface area contributed by atoms with Crippen LogP contribution in [0.2, 0.25) is 0 Å². The quantitative estimate of drug-likeness (QED) is 0.702. The second-order valence-corrected chi connectivity index (χ2v) is 3.03. The molecule has 0 spiro atoms. The summed E-state index contributed by atoms with van der Waals surface area (Å²) in [4.78, 5) is 11.1. The van der Waals surface area contributed by atoms with Crippen molar-refractivity contribution in [3.05, 3.63) is 41.2 Å². The smallest absolute Gasteiger partial charge is 0.263 e. The summed E-state index contributed by atoms with van der Waals surface area (Å²) in [5.41, 5.74) is -0.556. The lowest BCUT2D eigenvalue weighted by molar-refractivity contribution is 0.101. The third-order valence-corrected chi connectivity index (χ3v) is 1.97. The van der Waals surface area contributed by atoms with Crippen LogP contribution in [0.4, 0.5) is 13.2 Å². The molecule has 1 aromatic rings. The van der Waals surface area contributed by atoms with E-state index in [1.165, 1.54) is 13.0 Å². The SMILES string of the molecule is C=Cc1cc(C(F)F)cc(F)c1C(C)=O. The molecule has 1 rings (SSSR count). The minimum atomic E-state index is -2.76. The molecular formula is C11H9F3O. The van der Waals surface area contributed by atoms with Gasteiger partial charge in [-0.15, -0.1) is 0 Å². The molecule has 0 N–H and O–H groups in total. The zero-order chi connectivity index (χ0) is 11.6. The van der Waals surface area contributed by atoms with Gasteiger partial charge in [0, 0.05) is 5.56 Å². The van der Waals surface area contributed by atoms with Crippen LogP contribution < -0.4 is 0 Å². The van der Waals surface area contributed by atoms with Gasteiger partial charge >= 0.3 is 0 Å². The van der Waals surface area contributed by atoms with Crippen molar-refractivity contribution in [1.29, 1.82) is 0 Å². The van der Waals surface area contributed by atoms with Crippen LogP contribution in [0, 0.1) is 5.82 Å². The molecule has 0 saturated carbocycles. The van der Waals surface area contributed by atoms with Gasteiger partial charge in [-0.25, -0.2) is 13.2 Å². The van der Waals surface area contributed by atoms with Crippen molar-refractivity contribution < 1.29 is 18.0 Å². The zero-order valence-corrected chi connectivity index (χ0v) is 8.06. The maximum Gasteiger partial charge on any atom is 0.263 e. The van der Waals surface area contributed by atoms with E-state index in [0.29, 0.717) is 6.07 Å². The lowest BCUT2D eigenvalue weighted by atomic mass is 10.0. The first-order chi connectivity index (χ1) is 6.97. The van der Waals surface area contributed by atoms with Gasteiger partial charge in [-0.3, -0.25) is 4.79 Å². The molecular weight excluding hydrogens is 205 g/mol. The summed E-state index contributed by atoms with van der Waals surface area (Å²) in [6, 6.07) is 1.74. The van der Waals surface area contributed by atoms with Crippen LogP contribution in [-0.4, -0.2) is 5.78 Å². The highest BCUT2D eigenvalue weighted by molar-refractivity contribution is 5.98. The first kappa shape index (κ1) is 11.5. The Bertz CT molecular complexity index is 411. The van der Waals surface area contributed by atoms with Gasteiger partial charge in [0.2, 0.25) is 0 Å². The average molecular weight is 214 g/mol. The standard InChI is InChI=1S/C11H9F3O/c1-3-7-4-8(11(13)14)5-9(12)10(7)6(2)15/h3-5,11H,1H2,2H3. The van der Waals surface area contributed by atoms with E-state index in [1.54, 1.807) is 0 Å². The predicted octanol–water partition coefficient (Wildman–Crippen LogP) is 3.61. The third kappa shape index (κ3) is 2.26. The molecule has 1 nitrogen and oxygen atoms in total. The average Bonchev–Trinajstić information content (AvgIpc) is 2.15. The number of hydrogen-bond donors (Lipinski definition) is 0. The first-order valence-electron chi connectivity index (χ1n) is 4.22. The van der Waals surface area contributed by atoms with Crippen LogP contribution in [-0.2, 0) is 0 Å². The molecule has 4 heteroatoms. The number of Topliss-reactive ketones (excluding diaryl/α,β-unsaturated/α-hetero) is 1. The number of benzene rings is 1. The Kier molecular flexibility index (Phi) is 3.29. The van der Waals surface area contributed by atoms with Crippen LogP contribution in [0.1, 0.15) is 34.8 Å². The van der Waals surface area contributed by atoms with Crippen molar-refractivity contribution in [3.8, 4) is 0 Å². The molecule has 0 bridgehead atoms. The van der Waals surface area contributed by atoms with Gasteiger partial charge in [0.15, 0.2) is 5.78 Å². The number of ketones is 1. The Morgan fingerprint density at radius 3 is 2.47 bits per heavy atom. The van der Waals surface area contributed by atoms with Crippen molar-refractivity contribution in [3.63, 3.8) is 0 Å². The number of carbonyl (C=O) groups is 1. The highest BCUT2D eigenvalue weighted by Crippen LogP contribution is 2.25. The van der Waals surface area contributed by atoms with Gasteiger partial charge in [0.1, 0.15) is 5.82 Å². The zero-order valence-electron chi connectivity index (χ0n) is 8.06. The summed E-state index contributed by atoms with van der Waals surface area (Å²) < 4.78 is 37.9. The number of rotatable bonds is 3. The van der Waals surface area contributed by atoms with Crippen LogP contribution in [0.5, 0.6) is 0 Å². The summed E-state index contributed by atoms with van der Waals surface area (Å²) >= 11 is 0. The summed E-state index contributed by atoms with van der Waals surface area (Å²) in [5, 5.41) is 0. The molecule has 0 aliphatic heterocycles. The highest BCUT2D eigenvalue weighted by atomic mass is 19.3. The maximum atomic E-state index is 13.3. The number of alkyl halides is 2. The largest absolute Gasteiger partial charge is 0.294 e. The van der Waals surface area contributed by atoms with E-state index in [1.807, 2.05) is 0 Å². The lowest BCUT2D eigenvalue weighted by Gasteiger charge is -2.07. The van der Waals surface area contributed by atoms with Crippen LogP contribution in [0.15, 0.2) is 18.7 Å². The number of hydrogen-bond acceptors (Lipinski definition) is 1. The van der Waals surface area contributed by atoms with Crippen LogP contribution in [0.25, 0.3) is 6.08 Å². The van der Waals surface area contributed by atoms with Gasteiger partial charge < -0.3 is 0 Å². The molecule has 0 saturated heterocycles. The van der Waals surface area contributed by atoms with Gasteiger partial charge in [-0.05, 0) is 24.6 Å². The molecule has 0 radical (unpaired) electrons. The molecule has 1 aromatic carbocycles. The van der Waals surface area contributed by atoms with E-state index >= 15 is 0 Å². The van der Waals surface area contributed by atoms with Crippen LogP contribution in [0.3, 0.4) is 0 Å². The van der Waals surface area contributed by atoms with Crippen molar-refractivity contribution in [2.75, 3.05) is 0 Å². The summed E-state index contributed by atoms with van der Waals surface area (Å²) in [6.07, 6.45) is -1.58. The second-order valence-electron chi connectivity index (χ2n) is 3.03. The summed E-state index contributed by atoms with van der Waals surface area (Å²) in [6.45, 7) is 4.53. The fourth-order valence-corrected chi connectivity index (χ4v) is 1.31. The summed E-state index contributed by atoms with van der Waals surface area (Å²) in [7, 11) is 0. The summed E-state index contributed by atoms with van der Waals surface area (Å²) in [5.74, 6) is -1.45. The van der Waals surface area contributed by atoms with Gasteiger partial charge in [-0.1, -0.05) is 12.7 Å². The van der Waals surface area contributed by atoms with Crippen molar-refractivity contribution >= 4 is 11.9 Å². The molecule has 0 aliphatic carbocycles. The molecule has 0 atom stereocenters. The Hall–Kier alpha value is -1.58.